The van der Waals surface area contributed by atoms with Gasteiger partial charge in [-0.05, 0) is 39.8 Å². The third-order valence-electron chi connectivity index (χ3n) is 3.04. The Balaban J connectivity index is 2.16. The van der Waals surface area contributed by atoms with Gasteiger partial charge in [0, 0.05) is 17.3 Å². The molecule has 0 aromatic heterocycles. The Morgan fingerprint density at radius 1 is 1.00 bits per heavy atom. The highest BCUT2D eigenvalue weighted by Gasteiger charge is 2.14. The van der Waals surface area contributed by atoms with E-state index < -0.39 is 0 Å². The monoisotopic (exact) mass is 309 g/mol. The van der Waals surface area contributed by atoms with Crippen LogP contribution in [0.2, 0.25) is 0 Å². The minimum Gasteiger partial charge on any atom is -0.486 e. The Morgan fingerprint density at radius 3 is 2.26 bits per heavy atom. The Labute approximate surface area is 138 Å². The van der Waals surface area contributed by atoms with Gasteiger partial charge >= 0.3 is 0 Å². The van der Waals surface area contributed by atoms with Crippen molar-refractivity contribution in [2.75, 3.05) is 5.32 Å². The van der Waals surface area contributed by atoms with E-state index in [9.17, 15) is 4.79 Å². The van der Waals surface area contributed by atoms with E-state index in [1.54, 1.807) is 6.08 Å². The van der Waals surface area contributed by atoms with Crippen LogP contribution >= 0.6 is 0 Å². The number of hydrogen-bond acceptors (Lipinski definition) is 3. The molecule has 0 fully saturated rings. The molecule has 0 saturated carbocycles. The first kappa shape index (κ1) is 16.8. The predicted octanol–water partition coefficient (Wildman–Crippen LogP) is 5.06. The fraction of sp³-hybridized carbons (Fsp3) is 0.250. The van der Waals surface area contributed by atoms with E-state index in [1.165, 1.54) is 0 Å². The van der Waals surface area contributed by atoms with Gasteiger partial charge in [0.1, 0.15) is 11.4 Å². The van der Waals surface area contributed by atoms with Crippen molar-refractivity contribution in [3.05, 3.63) is 71.9 Å². The zero-order chi connectivity index (χ0) is 16.9. The summed E-state index contributed by atoms with van der Waals surface area (Å²) in [5.74, 6) is 0.740. The molecule has 2 rings (SSSR count). The molecule has 0 spiro atoms. The molecule has 2 aromatic carbocycles. The molecule has 0 radical (unpaired) electrons. The van der Waals surface area contributed by atoms with Crippen LogP contribution < -0.4 is 10.1 Å². The number of hydrogen-bond donors (Lipinski definition) is 1. The summed E-state index contributed by atoms with van der Waals surface area (Å²) in [6.45, 7) is 7.89. The topological polar surface area (TPSA) is 38.3 Å². The van der Waals surface area contributed by atoms with Crippen LogP contribution in [0.3, 0.4) is 0 Å². The number of carbonyl (C=O) groups is 1. The molecule has 3 heteroatoms. The molecule has 0 atom stereocenters. The van der Waals surface area contributed by atoms with Crippen LogP contribution in [0.5, 0.6) is 5.75 Å². The average Bonchev–Trinajstić information content (AvgIpc) is 2.48. The summed E-state index contributed by atoms with van der Waals surface area (Å²) >= 11 is 0. The molecule has 0 aliphatic rings. The van der Waals surface area contributed by atoms with Crippen molar-refractivity contribution in [2.45, 2.75) is 33.3 Å². The average molecular weight is 309 g/mol. The van der Waals surface area contributed by atoms with Crippen LogP contribution in [0.25, 0.3) is 0 Å². The lowest BCUT2D eigenvalue weighted by Crippen LogP contribution is -2.23. The number of anilines is 1. The first-order valence-electron chi connectivity index (χ1n) is 7.68. The molecule has 3 nitrogen and oxygen atoms in total. The quantitative estimate of drug-likeness (QED) is 0.619. The minimum absolute atomic E-state index is 0.0233. The maximum absolute atomic E-state index is 12.2. The van der Waals surface area contributed by atoms with E-state index >= 15 is 0 Å². The molecule has 0 aliphatic carbocycles. The van der Waals surface area contributed by atoms with Gasteiger partial charge in [0.25, 0.3) is 0 Å². The fourth-order valence-electron chi connectivity index (χ4n) is 2.12. The molecule has 2 aromatic rings. The second-order valence-corrected chi connectivity index (χ2v) is 6.39. The number of para-hydroxylation sites is 2. The minimum atomic E-state index is -0.282. The van der Waals surface area contributed by atoms with Crippen LogP contribution in [0.4, 0.5) is 5.69 Å². The van der Waals surface area contributed by atoms with E-state index in [4.69, 9.17) is 4.74 Å². The summed E-state index contributed by atoms with van der Waals surface area (Å²) in [6.07, 6.45) is 1.60. The van der Waals surface area contributed by atoms with Gasteiger partial charge in [-0.2, -0.15) is 0 Å². The van der Waals surface area contributed by atoms with Crippen molar-refractivity contribution >= 4 is 11.5 Å². The molecule has 0 unspecified atom stereocenters. The second-order valence-electron chi connectivity index (χ2n) is 6.39. The molecule has 0 aliphatic heterocycles. The first-order valence-corrected chi connectivity index (χ1v) is 7.68. The second kappa shape index (κ2) is 7.14. The van der Waals surface area contributed by atoms with Crippen LogP contribution in [-0.4, -0.2) is 11.4 Å². The predicted molar refractivity (Wildman–Crippen MR) is 95.0 cm³/mol. The highest BCUT2D eigenvalue weighted by Crippen LogP contribution is 2.28. The summed E-state index contributed by atoms with van der Waals surface area (Å²) < 4.78 is 5.95. The lowest BCUT2D eigenvalue weighted by atomic mass is 10.1. The lowest BCUT2D eigenvalue weighted by molar-refractivity contribution is 0.104. The Bertz CT molecular complexity index is 697. The van der Waals surface area contributed by atoms with E-state index in [0.717, 1.165) is 17.1 Å². The van der Waals surface area contributed by atoms with Crippen LogP contribution in [0, 0.1) is 0 Å². The molecule has 0 saturated heterocycles. The number of ketones is 1. The Kier molecular flexibility index (Phi) is 5.22. The molecule has 0 heterocycles. The van der Waals surface area contributed by atoms with Gasteiger partial charge in [0.15, 0.2) is 5.78 Å². The van der Waals surface area contributed by atoms with E-state index in [2.05, 4.69) is 5.32 Å². The largest absolute Gasteiger partial charge is 0.486 e. The van der Waals surface area contributed by atoms with Crippen molar-refractivity contribution in [1.29, 1.82) is 0 Å². The zero-order valence-corrected chi connectivity index (χ0v) is 14.1. The third kappa shape index (κ3) is 5.29. The molecule has 0 bridgehead atoms. The number of rotatable bonds is 5. The van der Waals surface area contributed by atoms with Crippen LogP contribution in [0.1, 0.15) is 38.1 Å². The number of nitrogens with one attached hydrogen (secondary N) is 1. The van der Waals surface area contributed by atoms with Crippen molar-refractivity contribution in [3.63, 3.8) is 0 Å². The van der Waals surface area contributed by atoms with Gasteiger partial charge in [-0.25, -0.2) is 0 Å². The van der Waals surface area contributed by atoms with Crippen molar-refractivity contribution < 1.29 is 9.53 Å². The van der Waals surface area contributed by atoms with Crippen LogP contribution in [-0.2, 0) is 0 Å². The van der Waals surface area contributed by atoms with Gasteiger partial charge in [-0.15, -0.1) is 0 Å². The molecule has 0 amide bonds. The highest BCUT2D eigenvalue weighted by molar-refractivity contribution is 6.05. The van der Waals surface area contributed by atoms with Gasteiger partial charge in [-0.1, -0.05) is 42.5 Å². The zero-order valence-electron chi connectivity index (χ0n) is 14.1. The molecule has 23 heavy (non-hydrogen) atoms. The summed E-state index contributed by atoms with van der Waals surface area (Å²) in [5, 5.41) is 3.25. The fourth-order valence-corrected chi connectivity index (χ4v) is 2.12. The smallest absolute Gasteiger partial charge is 0.187 e. The number of allylic oxidation sites excluding steroid dienone is 2. The maximum Gasteiger partial charge on any atom is 0.187 e. The van der Waals surface area contributed by atoms with Gasteiger partial charge in [0.05, 0.1) is 5.69 Å². The molecular formula is C20H23NO2. The van der Waals surface area contributed by atoms with Crippen molar-refractivity contribution in [2.24, 2.45) is 0 Å². The summed E-state index contributed by atoms with van der Waals surface area (Å²) in [7, 11) is 0. The normalized spacial score (nSPS) is 11.9. The van der Waals surface area contributed by atoms with Crippen molar-refractivity contribution in [3.8, 4) is 5.75 Å². The molecule has 120 valence electrons. The van der Waals surface area contributed by atoms with Gasteiger partial charge in [-0.3, -0.25) is 4.79 Å². The number of ether oxygens (including phenoxy) is 1. The lowest BCUT2D eigenvalue weighted by Gasteiger charge is -2.23. The summed E-state index contributed by atoms with van der Waals surface area (Å²) in [5.41, 5.74) is 2.00. The maximum atomic E-state index is 12.2. The summed E-state index contributed by atoms with van der Waals surface area (Å²) in [6, 6.07) is 16.9. The van der Waals surface area contributed by atoms with Crippen molar-refractivity contribution in [1.82, 2.24) is 0 Å². The standard InChI is InChI=1S/C20H23NO2/c1-15(14-18(22)16-10-6-5-7-11-16)21-17-12-8-9-13-19(17)23-20(2,3)4/h5-14,21H,1-4H3/b15-14-. The van der Waals surface area contributed by atoms with Gasteiger partial charge < -0.3 is 10.1 Å². The Hall–Kier alpha value is -2.55. The highest BCUT2D eigenvalue weighted by atomic mass is 16.5. The molecule has 1 N–H and O–H groups in total. The van der Waals surface area contributed by atoms with E-state index in [-0.39, 0.29) is 11.4 Å². The Morgan fingerprint density at radius 2 is 1.61 bits per heavy atom. The summed E-state index contributed by atoms with van der Waals surface area (Å²) in [4.78, 5) is 12.2. The number of benzene rings is 2. The third-order valence-corrected chi connectivity index (χ3v) is 3.04. The van der Waals surface area contributed by atoms with E-state index in [1.807, 2.05) is 82.3 Å². The van der Waals surface area contributed by atoms with Gasteiger partial charge in [0.2, 0.25) is 0 Å². The first-order chi connectivity index (χ1) is 10.8. The van der Waals surface area contributed by atoms with E-state index in [0.29, 0.717) is 5.56 Å². The SMILES string of the molecule is C/C(=C/C(=O)c1ccccc1)Nc1ccccc1OC(C)(C)C. The molecular weight excluding hydrogens is 286 g/mol. The number of carbonyl (C=O) groups excluding carboxylic acids is 1. The van der Waals surface area contributed by atoms with Crippen LogP contribution in [0.15, 0.2) is 66.4 Å².